The number of ether oxygens (including phenoxy) is 2. The minimum atomic E-state index is -1.08. The second-order valence-electron chi connectivity index (χ2n) is 6.61. The van der Waals surface area contributed by atoms with Crippen LogP contribution in [-0.2, 0) is 14.3 Å². The van der Waals surface area contributed by atoms with Crippen LogP contribution in [0, 0.1) is 5.41 Å². The van der Waals surface area contributed by atoms with Crippen LogP contribution in [-0.4, -0.2) is 46.5 Å². The summed E-state index contributed by atoms with van der Waals surface area (Å²) < 4.78 is 10.6. The molecule has 21 heavy (non-hydrogen) atoms. The summed E-state index contributed by atoms with van der Waals surface area (Å²) in [5.41, 5.74) is -2.35. The van der Waals surface area contributed by atoms with Crippen LogP contribution in [0.3, 0.4) is 0 Å². The largest absolute Gasteiger partial charge is 0.465 e. The van der Waals surface area contributed by atoms with Crippen molar-refractivity contribution in [1.82, 2.24) is 4.90 Å². The van der Waals surface area contributed by atoms with Crippen LogP contribution in [0.2, 0.25) is 0 Å². The van der Waals surface area contributed by atoms with Gasteiger partial charge in [0, 0.05) is 6.08 Å². The van der Waals surface area contributed by atoms with E-state index in [9.17, 15) is 14.7 Å². The van der Waals surface area contributed by atoms with Crippen molar-refractivity contribution < 1.29 is 24.2 Å². The first-order valence-corrected chi connectivity index (χ1v) is 7.01. The molecule has 0 aliphatic carbocycles. The molecule has 1 heterocycles. The number of carboxylic acid groups (broad SMARTS) is 1. The van der Waals surface area contributed by atoms with E-state index in [2.05, 4.69) is 0 Å². The van der Waals surface area contributed by atoms with Gasteiger partial charge in [-0.2, -0.15) is 0 Å². The van der Waals surface area contributed by atoms with E-state index in [0.717, 1.165) is 0 Å². The van der Waals surface area contributed by atoms with Crippen molar-refractivity contribution in [3.63, 3.8) is 0 Å². The highest BCUT2D eigenvalue weighted by atomic mass is 16.5. The summed E-state index contributed by atoms with van der Waals surface area (Å²) in [7, 11) is 0. The Hall–Kier alpha value is -1.56. The highest BCUT2D eigenvalue weighted by Crippen LogP contribution is 2.46. The SMILES string of the molecule is CCOC(=O)C=C[C@@]1(C(C)(C)C)COC(C)(C)N1C(=O)O. The van der Waals surface area contributed by atoms with E-state index in [1.165, 1.54) is 11.0 Å². The van der Waals surface area contributed by atoms with E-state index < -0.39 is 28.7 Å². The molecule has 0 aromatic carbocycles. The quantitative estimate of drug-likeness (QED) is 0.640. The van der Waals surface area contributed by atoms with Gasteiger partial charge in [0.2, 0.25) is 0 Å². The number of hydrogen-bond acceptors (Lipinski definition) is 4. The standard InChI is InChI=1S/C15H25NO5/c1-7-20-11(17)8-9-15(13(2,3)4)10-21-14(5,6)16(15)12(18)19/h8-9H,7,10H2,1-6H3,(H,18,19)/t15-/m0/s1. The lowest BCUT2D eigenvalue weighted by molar-refractivity contribution is -0.137. The summed E-state index contributed by atoms with van der Waals surface area (Å²) in [6, 6.07) is 0. The van der Waals surface area contributed by atoms with Gasteiger partial charge in [-0.3, -0.25) is 4.90 Å². The molecule has 1 aliphatic rings. The van der Waals surface area contributed by atoms with Gasteiger partial charge in [-0.1, -0.05) is 20.8 Å². The molecule has 1 N–H and O–H groups in total. The Morgan fingerprint density at radius 3 is 2.38 bits per heavy atom. The smallest absolute Gasteiger partial charge is 0.410 e. The Bertz CT molecular complexity index is 449. The molecule has 1 aliphatic heterocycles. The summed E-state index contributed by atoms with van der Waals surface area (Å²) in [5, 5.41) is 9.61. The zero-order chi connectivity index (χ0) is 16.5. The Kier molecular flexibility index (Phi) is 4.73. The topological polar surface area (TPSA) is 76.1 Å². The molecule has 0 bridgehead atoms. The molecule has 1 amide bonds. The van der Waals surface area contributed by atoms with Gasteiger partial charge in [0.1, 0.15) is 5.72 Å². The van der Waals surface area contributed by atoms with Gasteiger partial charge < -0.3 is 14.6 Å². The number of rotatable bonds is 3. The van der Waals surface area contributed by atoms with Gasteiger partial charge in [0.15, 0.2) is 0 Å². The summed E-state index contributed by atoms with van der Waals surface area (Å²) in [4.78, 5) is 24.6. The van der Waals surface area contributed by atoms with Crippen molar-refractivity contribution in [2.75, 3.05) is 13.2 Å². The maximum Gasteiger partial charge on any atom is 0.410 e. The van der Waals surface area contributed by atoms with Crippen molar-refractivity contribution in [1.29, 1.82) is 0 Å². The van der Waals surface area contributed by atoms with Crippen LogP contribution < -0.4 is 0 Å². The van der Waals surface area contributed by atoms with Gasteiger partial charge >= 0.3 is 12.1 Å². The second kappa shape index (κ2) is 5.67. The first-order valence-electron chi connectivity index (χ1n) is 7.01. The number of hydrogen-bond donors (Lipinski definition) is 1. The Balaban J connectivity index is 3.29. The number of amides is 1. The molecule has 0 radical (unpaired) electrons. The molecular weight excluding hydrogens is 274 g/mol. The Morgan fingerprint density at radius 1 is 1.38 bits per heavy atom. The molecule has 0 unspecified atom stereocenters. The summed E-state index contributed by atoms with van der Waals surface area (Å²) in [6.07, 6.45) is 1.80. The number of carbonyl (C=O) groups excluding carboxylic acids is 1. The van der Waals surface area contributed by atoms with Crippen molar-refractivity contribution in [2.45, 2.75) is 52.8 Å². The summed E-state index contributed by atoms with van der Waals surface area (Å²) in [6.45, 7) is 11.3. The maximum atomic E-state index is 11.7. The lowest BCUT2D eigenvalue weighted by atomic mass is 9.72. The molecule has 6 nitrogen and oxygen atoms in total. The van der Waals surface area contributed by atoms with Crippen LogP contribution in [0.25, 0.3) is 0 Å². The van der Waals surface area contributed by atoms with E-state index in [1.807, 2.05) is 20.8 Å². The Morgan fingerprint density at radius 2 is 1.95 bits per heavy atom. The average molecular weight is 299 g/mol. The van der Waals surface area contributed by atoms with Crippen molar-refractivity contribution in [3.05, 3.63) is 12.2 Å². The maximum absolute atomic E-state index is 11.7. The monoisotopic (exact) mass is 299 g/mol. The minimum absolute atomic E-state index is 0.186. The molecule has 1 saturated heterocycles. The van der Waals surface area contributed by atoms with Gasteiger partial charge in [0.25, 0.3) is 0 Å². The van der Waals surface area contributed by atoms with Crippen molar-refractivity contribution in [3.8, 4) is 0 Å². The molecule has 0 saturated carbocycles. The zero-order valence-electron chi connectivity index (χ0n) is 13.6. The third-order valence-electron chi connectivity index (χ3n) is 3.85. The Labute approximate surface area is 125 Å². The predicted molar refractivity (Wildman–Crippen MR) is 77.9 cm³/mol. The van der Waals surface area contributed by atoms with Crippen LogP contribution in [0.4, 0.5) is 4.79 Å². The summed E-state index contributed by atoms with van der Waals surface area (Å²) >= 11 is 0. The zero-order valence-corrected chi connectivity index (χ0v) is 13.6. The third kappa shape index (κ3) is 3.20. The molecule has 0 aromatic rings. The van der Waals surface area contributed by atoms with E-state index in [0.29, 0.717) is 0 Å². The first-order chi connectivity index (χ1) is 9.48. The molecule has 1 rings (SSSR count). The minimum Gasteiger partial charge on any atom is -0.465 e. The molecule has 0 spiro atoms. The van der Waals surface area contributed by atoms with E-state index in [-0.39, 0.29) is 13.2 Å². The van der Waals surface area contributed by atoms with Gasteiger partial charge in [0.05, 0.1) is 18.8 Å². The van der Waals surface area contributed by atoms with Gasteiger partial charge in [-0.15, -0.1) is 0 Å². The van der Waals surface area contributed by atoms with E-state index >= 15 is 0 Å². The van der Waals surface area contributed by atoms with E-state index in [4.69, 9.17) is 9.47 Å². The fourth-order valence-corrected chi connectivity index (χ4v) is 2.62. The van der Waals surface area contributed by atoms with Gasteiger partial charge in [-0.05, 0) is 32.3 Å². The lowest BCUT2D eigenvalue weighted by Gasteiger charge is -2.46. The molecule has 0 aromatic heterocycles. The fraction of sp³-hybridized carbons (Fsp3) is 0.733. The highest BCUT2D eigenvalue weighted by Gasteiger charge is 2.58. The third-order valence-corrected chi connectivity index (χ3v) is 3.85. The number of nitrogens with zero attached hydrogens (tertiary/aromatic N) is 1. The average Bonchev–Trinajstić information content (AvgIpc) is 2.59. The van der Waals surface area contributed by atoms with Crippen molar-refractivity contribution >= 4 is 12.1 Å². The van der Waals surface area contributed by atoms with Crippen LogP contribution in [0.15, 0.2) is 12.2 Å². The fourth-order valence-electron chi connectivity index (χ4n) is 2.62. The molecule has 1 fully saturated rings. The first kappa shape index (κ1) is 17.5. The molecule has 120 valence electrons. The molecular formula is C15H25NO5. The van der Waals surface area contributed by atoms with Crippen molar-refractivity contribution in [2.24, 2.45) is 5.41 Å². The normalized spacial score (nSPS) is 25.3. The summed E-state index contributed by atoms with van der Waals surface area (Å²) in [5.74, 6) is -0.490. The second-order valence-corrected chi connectivity index (χ2v) is 6.61. The van der Waals surface area contributed by atoms with E-state index in [1.54, 1.807) is 26.8 Å². The van der Waals surface area contributed by atoms with Crippen LogP contribution in [0.5, 0.6) is 0 Å². The highest BCUT2D eigenvalue weighted by molar-refractivity contribution is 5.82. The molecule has 1 atom stereocenters. The van der Waals surface area contributed by atoms with Crippen LogP contribution in [0.1, 0.15) is 41.5 Å². The van der Waals surface area contributed by atoms with Gasteiger partial charge in [-0.25, -0.2) is 9.59 Å². The van der Waals surface area contributed by atoms with Crippen LogP contribution >= 0.6 is 0 Å². The number of carbonyl (C=O) groups is 2. The lowest BCUT2D eigenvalue weighted by Crippen LogP contribution is -2.60. The molecule has 6 heteroatoms. The number of esters is 1. The predicted octanol–water partition coefficient (Wildman–Crippen LogP) is 2.64.